The second kappa shape index (κ2) is 7.14. The van der Waals surface area contributed by atoms with E-state index >= 15 is 0 Å². The van der Waals surface area contributed by atoms with Crippen LogP contribution in [0.2, 0.25) is 0 Å². The molecule has 5 nitrogen and oxygen atoms in total. The molecule has 1 saturated heterocycles. The third-order valence-electron chi connectivity index (χ3n) is 5.09. The van der Waals surface area contributed by atoms with E-state index in [1.807, 2.05) is 0 Å². The normalized spacial score (nSPS) is 23.2. The lowest BCUT2D eigenvalue weighted by Crippen LogP contribution is -2.54. The molecule has 0 aromatic rings. The molecule has 2 N–H and O–H groups in total. The number of likely N-dealkylation sites (tertiary alicyclic amines) is 1. The van der Waals surface area contributed by atoms with E-state index in [9.17, 15) is 14.7 Å². The summed E-state index contributed by atoms with van der Waals surface area (Å²) in [4.78, 5) is 25.2. The molecule has 21 heavy (non-hydrogen) atoms. The third kappa shape index (κ3) is 4.61. The van der Waals surface area contributed by atoms with Crippen LogP contribution in [0.4, 0.5) is 4.79 Å². The van der Waals surface area contributed by atoms with Crippen LogP contribution in [0.15, 0.2) is 0 Å². The van der Waals surface area contributed by atoms with Crippen LogP contribution in [0.3, 0.4) is 0 Å². The lowest BCUT2D eigenvalue weighted by molar-refractivity contribution is -0.144. The molecule has 2 unspecified atom stereocenters. The zero-order valence-electron chi connectivity index (χ0n) is 14.0. The third-order valence-corrected chi connectivity index (χ3v) is 5.09. The molecule has 1 rings (SSSR count). The van der Waals surface area contributed by atoms with Crippen molar-refractivity contribution < 1.29 is 14.7 Å². The molecular weight excluding hydrogens is 268 g/mol. The second-order valence-electron chi connectivity index (χ2n) is 7.15. The van der Waals surface area contributed by atoms with Gasteiger partial charge in [-0.2, -0.15) is 0 Å². The highest BCUT2D eigenvalue weighted by Crippen LogP contribution is 2.27. The van der Waals surface area contributed by atoms with Gasteiger partial charge in [-0.05, 0) is 30.1 Å². The Balaban J connectivity index is 2.65. The Hall–Kier alpha value is -1.26. The maximum absolute atomic E-state index is 12.3. The highest BCUT2D eigenvalue weighted by Gasteiger charge is 2.36. The van der Waals surface area contributed by atoms with Crippen molar-refractivity contribution in [3.8, 4) is 0 Å². The summed E-state index contributed by atoms with van der Waals surface area (Å²) in [6.07, 6.45) is 2.42. The quantitative estimate of drug-likeness (QED) is 0.820. The number of piperidine rings is 1. The molecule has 0 radical (unpaired) electrons. The lowest BCUT2D eigenvalue weighted by Gasteiger charge is -2.38. The number of urea groups is 1. The van der Waals surface area contributed by atoms with Crippen LogP contribution in [-0.4, -0.2) is 41.1 Å². The standard InChI is InChI=1S/C16H30N2O3/c1-6-12-7-8-18(13(9-12)14(19)20)15(21)17-10-16(4,5)11(2)3/h11-13H,6-10H2,1-5H3,(H,17,21)(H,19,20). The minimum Gasteiger partial charge on any atom is -0.480 e. The Morgan fingerprint density at radius 2 is 2.00 bits per heavy atom. The highest BCUT2D eigenvalue weighted by molar-refractivity contribution is 5.82. The van der Waals surface area contributed by atoms with Gasteiger partial charge < -0.3 is 15.3 Å². The number of hydrogen-bond acceptors (Lipinski definition) is 2. The molecular formula is C16H30N2O3. The van der Waals surface area contributed by atoms with Crippen LogP contribution in [0, 0.1) is 17.3 Å². The number of carboxylic acids is 1. The molecule has 0 aliphatic carbocycles. The number of carbonyl (C=O) groups is 2. The van der Waals surface area contributed by atoms with E-state index in [4.69, 9.17) is 0 Å². The summed E-state index contributed by atoms with van der Waals surface area (Å²) in [6.45, 7) is 11.6. The van der Waals surface area contributed by atoms with Gasteiger partial charge in [-0.25, -0.2) is 9.59 Å². The van der Waals surface area contributed by atoms with Crippen LogP contribution in [0.1, 0.15) is 53.9 Å². The fourth-order valence-corrected chi connectivity index (χ4v) is 2.50. The van der Waals surface area contributed by atoms with Crippen LogP contribution in [0.5, 0.6) is 0 Å². The first kappa shape index (κ1) is 17.8. The SMILES string of the molecule is CCC1CCN(C(=O)NCC(C)(C)C(C)C)C(C(=O)O)C1. The smallest absolute Gasteiger partial charge is 0.326 e. The molecule has 1 fully saturated rings. The predicted octanol–water partition coefficient (Wildman–Crippen LogP) is 2.95. The van der Waals surface area contributed by atoms with Gasteiger partial charge >= 0.3 is 12.0 Å². The minimum absolute atomic E-state index is 0.00385. The van der Waals surface area contributed by atoms with Gasteiger partial charge in [0.05, 0.1) is 0 Å². The van der Waals surface area contributed by atoms with Crippen LogP contribution in [0.25, 0.3) is 0 Å². The van der Waals surface area contributed by atoms with Crippen molar-refractivity contribution in [3.05, 3.63) is 0 Å². The predicted molar refractivity (Wildman–Crippen MR) is 83.2 cm³/mol. The fraction of sp³-hybridized carbons (Fsp3) is 0.875. The van der Waals surface area contributed by atoms with Crippen molar-refractivity contribution >= 4 is 12.0 Å². The summed E-state index contributed by atoms with van der Waals surface area (Å²) in [5, 5.41) is 12.3. The van der Waals surface area contributed by atoms with E-state index in [1.54, 1.807) is 0 Å². The number of nitrogens with zero attached hydrogens (tertiary/aromatic N) is 1. The van der Waals surface area contributed by atoms with Crippen molar-refractivity contribution in [2.45, 2.75) is 59.9 Å². The lowest BCUT2D eigenvalue weighted by atomic mass is 9.81. The molecule has 0 saturated carbocycles. The van der Waals surface area contributed by atoms with Crippen LogP contribution >= 0.6 is 0 Å². The Kier molecular flexibility index (Phi) is 6.05. The number of carboxylic acid groups (broad SMARTS) is 1. The zero-order chi connectivity index (χ0) is 16.2. The zero-order valence-corrected chi connectivity index (χ0v) is 14.0. The van der Waals surface area contributed by atoms with Crippen LogP contribution in [-0.2, 0) is 4.79 Å². The van der Waals surface area contributed by atoms with Gasteiger partial charge in [-0.15, -0.1) is 0 Å². The summed E-state index contributed by atoms with van der Waals surface area (Å²) in [6, 6.07) is -0.934. The summed E-state index contributed by atoms with van der Waals surface area (Å²) < 4.78 is 0. The van der Waals surface area contributed by atoms with Crippen molar-refractivity contribution in [1.82, 2.24) is 10.2 Å². The number of rotatable bonds is 5. The summed E-state index contributed by atoms with van der Waals surface area (Å²) in [5.74, 6) is -0.0485. The molecule has 2 atom stereocenters. The van der Waals surface area contributed by atoms with Crippen molar-refractivity contribution in [2.75, 3.05) is 13.1 Å². The summed E-state index contributed by atoms with van der Waals surface area (Å²) in [5.41, 5.74) is -0.00385. The Bertz CT molecular complexity index is 380. The van der Waals surface area contributed by atoms with Crippen molar-refractivity contribution in [2.24, 2.45) is 17.3 Å². The number of hydrogen-bond donors (Lipinski definition) is 2. The van der Waals surface area contributed by atoms with Gasteiger partial charge in [0.15, 0.2) is 0 Å². The largest absolute Gasteiger partial charge is 0.480 e. The topological polar surface area (TPSA) is 69.6 Å². The van der Waals surface area contributed by atoms with E-state index in [1.165, 1.54) is 4.90 Å². The maximum atomic E-state index is 12.3. The average molecular weight is 298 g/mol. The van der Waals surface area contributed by atoms with E-state index in [-0.39, 0.29) is 11.4 Å². The van der Waals surface area contributed by atoms with Crippen LogP contribution < -0.4 is 5.32 Å². The van der Waals surface area contributed by atoms with Gasteiger partial charge in [0.2, 0.25) is 0 Å². The summed E-state index contributed by atoms with van der Waals surface area (Å²) >= 11 is 0. The molecule has 5 heteroatoms. The first-order chi connectivity index (χ1) is 9.69. The van der Waals surface area contributed by atoms with Crippen molar-refractivity contribution in [1.29, 1.82) is 0 Å². The first-order valence-corrected chi connectivity index (χ1v) is 7.96. The molecule has 1 aliphatic rings. The molecule has 1 aliphatic heterocycles. The van der Waals surface area contributed by atoms with Gasteiger partial charge in [-0.3, -0.25) is 0 Å². The minimum atomic E-state index is -0.897. The van der Waals surface area contributed by atoms with Gasteiger partial charge in [-0.1, -0.05) is 41.0 Å². The van der Waals surface area contributed by atoms with Crippen molar-refractivity contribution in [3.63, 3.8) is 0 Å². The Morgan fingerprint density at radius 3 is 2.48 bits per heavy atom. The molecule has 0 aromatic carbocycles. The summed E-state index contributed by atoms with van der Waals surface area (Å²) in [7, 11) is 0. The van der Waals surface area contributed by atoms with Gasteiger partial charge in [0.1, 0.15) is 6.04 Å². The van der Waals surface area contributed by atoms with E-state index in [2.05, 4.69) is 39.9 Å². The Morgan fingerprint density at radius 1 is 1.38 bits per heavy atom. The number of nitrogens with one attached hydrogen (secondary N) is 1. The fourth-order valence-electron chi connectivity index (χ4n) is 2.50. The average Bonchev–Trinajstić information content (AvgIpc) is 2.43. The number of aliphatic carboxylic acids is 1. The van der Waals surface area contributed by atoms with Gasteiger partial charge in [0, 0.05) is 13.1 Å². The molecule has 0 aromatic heterocycles. The monoisotopic (exact) mass is 298 g/mol. The molecule has 0 spiro atoms. The van der Waals surface area contributed by atoms with E-state index in [0.717, 1.165) is 12.8 Å². The molecule has 2 amide bonds. The second-order valence-corrected chi connectivity index (χ2v) is 7.15. The highest BCUT2D eigenvalue weighted by atomic mass is 16.4. The van der Waals surface area contributed by atoms with E-state index < -0.39 is 12.0 Å². The molecule has 122 valence electrons. The van der Waals surface area contributed by atoms with E-state index in [0.29, 0.717) is 31.3 Å². The molecule has 0 bridgehead atoms. The Labute approximate surface area is 128 Å². The first-order valence-electron chi connectivity index (χ1n) is 7.96. The number of amides is 2. The maximum Gasteiger partial charge on any atom is 0.326 e. The molecule has 1 heterocycles. The number of carbonyl (C=O) groups excluding carboxylic acids is 1. The van der Waals surface area contributed by atoms with Gasteiger partial charge in [0.25, 0.3) is 0 Å².